The van der Waals surface area contributed by atoms with E-state index in [0.717, 1.165) is 12.1 Å². The molecule has 1 aliphatic heterocycles. The fraction of sp³-hybridized carbons (Fsp3) is 0.0714. The second-order valence-electron chi connectivity index (χ2n) is 4.15. The molecule has 0 aromatic heterocycles. The molecule has 6 heteroatoms. The highest BCUT2D eigenvalue weighted by molar-refractivity contribution is 6.04. The normalized spacial score (nSPS) is 12.3. The number of ether oxygens (including phenoxy) is 2. The number of carbonyl (C=O) groups excluding carboxylic acids is 1. The van der Waals surface area contributed by atoms with Gasteiger partial charge in [-0.15, -0.1) is 0 Å². The van der Waals surface area contributed by atoms with Crippen molar-refractivity contribution in [1.29, 1.82) is 0 Å². The predicted molar refractivity (Wildman–Crippen MR) is 66.9 cm³/mol. The summed E-state index contributed by atoms with van der Waals surface area (Å²) < 4.78 is 36.5. The summed E-state index contributed by atoms with van der Waals surface area (Å²) in [7, 11) is 0. The number of rotatable bonds is 2. The number of nitrogens with one attached hydrogen (secondary N) is 1. The van der Waals surface area contributed by atoms with E-state index in [9.17, 15) is 13.6 Å². The minimum atomic E-state index is -0.834. The van der Waals surface area contributed by atoms with Crippen LogP contribution >= 0.6 is 0 Å². The Labute approximate surface area is 112 Å². The summed E-state index contributed by atoms with van der Waals surface area (Å²) in [5.41, 5.74) is 0.201. The molecule has 0 fully saturated rings. The Morgan fingerprint density at radius 2 is 1.85 bits per heavy atom. The molecule has 102 valence electrons. The zero-order valence-corrected chi connectivity index (χ0v) is 10.2. The number of anilines is 1. The van der Waals surface area contributed by atoms with Crippen LogP contribution in [0.25, 0.3) is 0 Å². The molecule has 2 aromatic carbocycles. The van der Waals surface area contributed by atoms with Crippen LogP contribution in [0.5, 0.6) is 11.5 Å². The summed E-state index contributed by atoms with van der Waals surface area (Å²) in [5, 5.41) is 2.37. The SMILES string of the molecule is O=C(Nc1ccc(F)cc1F)c1ccc2c(c1)OCO2. The average Bonchev–Trinajstić information content (AvgIpc) is 2.89. The smallest absolute Gasteiger partial charge is 0.255 e. The molecule has 3 rings (SSSR count). The largest absolute Gasteiger partial charge is 0.454 e. The monoisotopic (exact) mass is 277 g/mol. The maximum Gasteiger partial charge on any atom is 0.255 e. The van der Waals surface area contributed by atoms with E-state index in [1.807, 2.05) is 0 Å². The van der Waals surface area contributed by atoms with Gasteiger partial charge < -0.3 is 14.8 Å². The number of hydrogen-bond donors (Lipinski definition) is 1. The van der Waals surface area contributed by atoms with Crippen LogP contribution in [-0.2, 0) is 0 Å². The van der Waals surface area contributed by atoms with E-state index < -0.39 is 17.5 Å². The molecule has 4 nitrogen and oxygen atoms in total. The van der Waals surface area contributed by atoms with Crippen molar-refractivity contribution >= 4 is 11.6 Å². The van der Waals surface area contributed by atoms with Gasteiger partial charge in [0, 0.05) is 11.6 Å². The van der Waals surface area contributed by atoms with Crippen LogP contribution in [0.4, 0.5) is 14.5 Å². The van der Waals surface area contributed by atoms with Crippen molar-refractivity contribution in [1.82, 2.24) is 0 Å². The molecule has 0 bridgehead atoms. The molecule has 1 N–H and O–H groups in total. The van der Waals surface area contributed by atoms with Crippen LogP contribution in [0.15, 0.2) is 36.4 Å². The quantitative estimate of drug-likeness (QED) is 0.918. The third-order valence-corrected chi connectivity index (χ3v) is 2.81. The summed E-state index contributed by atoms with van der Waals surface area (Å²) in [6.07, 6.45) is 0. The summed E-state index contributed by atoms with van der Waals surface area (Å²) in [6, 6.07) is 7.56. The van der Waals surface area contributed by atoms with Crippen molar-refractivity contribution in [3.63, 3.8) is 0 Å². The van der Waals surface area contributed by atoms with Crippen molar-refractivity contribution in [3.05, 3.63) is 53.6 Å². The van der Waals surface area contributed by atoms with E-state index >= 15 is 0 Å². The van der Waals surface area contributed by atoms with E-state index in [1.165, 1.54) is 12.1 Å². The molecular formula is C14H9F2NO3. The molecule has 0 spiro atoms. The second kappa shape index (κ2) is 4.80. The Morgan fingerprint density at radius 1 is 1.05 bits per heavy atom. The van der Waals surface area contributed by atoms with Gasteiger partial charge in [0.1, 0.15) is 11.6 Å². The van der Waals surface area contributed by atoms with Gasteiger partial charge in [-0.2, -0.15) is 0 Å². The maximum absolute atomic E-state index is 13.4. The van der Waals surface area contributed by atoms with Gasteiger partial charge in [0.2, 0.25) is 6.79 Å². The number of amides is 1. The Balaban J connectivity index is 1.82. The lowest BCUT2D eigenvalue weighted by Gasteiger charge is -2.07. The molecule has 1 amide bonds. The lowest BCUT2D eigenvalue weighted by atomic mass is 10.2. The molecule has 0 saturated heterocycles. The number of halogens is 2. The molecule has 1 heterocycles. The highest BCUT2D eigenvalue weighted by atomic mass is 19.1. The number of benzene rings is 2. The standard InChI is InChI=1S/C14H9F2NO3/c15-9-2-3-11(10(16)6-9)17-14(18)8-1-4-12-13(5-8)20-7-19-12/h1-6H,7H2,(H,17,18). The molecule has 0 atom stereocenters. The van der Waals surface area contributed by atoms with Gasteiger partial charge in [0.25, 0.3) is 5.91 Å². The molecule has 1 aliphatic rings. The van der Waals surface area contributed by atoms with Crippen molar-refractivity contribution in [2.24, 2.45) is 0 Å². The Bertz CT molecular complexity index is 688. The van der Waals surface area contributed by atoms with Gasteiger partial charge in [-0.1, -0.05) is 0 Å². The van der Waals surface area contributed by atoms with E-state index in [-0.39, 0.29) is 18.0 Å². The summed E-state index contributed by atoms with van der Waals surface area (Å²) in [6.45, 7) is 0.104. The van der Waals surface area contributed by atoms with Crippen LogP contribution in [-0.4, -0.2) is 12.7 Å². The molecule has 0 saturated carbocycles. The average molecular weight is 277 g/mol. The first kappa shape index (κ1) is 12.4. The highest BCUT2D eigenvalue weighted by Crippen LogP contribution is 2.32. The number of carbonyl (C=O) groups is 1. The Kier molecular flexibility index (Phi) is 2.98. The third-order valence-electron chi connectivity index (χ3n) is 2.81. The van der Waals surface area contributed by atoms with Gasteiger partial charge in [0.05, 0.1) is 5.69 Å². The topological polar surface area (TPSA) is 47.6 Å². The molecule has 2 aromatic rings. The zero-order chi connectivity index (χ0) is 14.1. The number of hydrogen-bond acceptors (Lipinski definition) is 3. The van der Waals surface area contributed by atoms with Crippen LogP contribution in [0.3, 0.4) is 0 Å². The molecular weight excluding hydrogens is 268 g/mol. The fourth-order valence-corrected chi connectivity index (χ4v) is 1.82. The summed E-state index contributed by atoms with van der Waals surface area (Å²) in [5.74, 6) is -1.05. The highest BCUT2D eigenvalue weighted by Gasteiger charge is 2.17. The summed E-state index contributed by atoms with van der Waals surface area (Å²) in [4.78, 5) is 12.0. The minimum absolute atomic E-state index is 0.0888. The first-order chi connectivity index (χ1) is 9.63. The first-order valence-corrected chi connectivity index (χ1v) is 5.79. The van der Waals surface area contributed by atoms with Gasteiger partial charge in [0.15, 0.2) is 11.5 Å². The summed E-state index contributed by atoms with van der Waals surface area (Å²) >= 11 is 0. The lowest BCUT2D eigenvalue weighted by Crippen LogP contribution is -2.13. The molecule has 0 aliphatic carbocycles. The van der Waals surface area contributed by atoms with Crippen molar-refractivity contribution in [3.8, 4) is 11.5 Å². The fourth-order valence-electron chi connectivity index (χ4n) is 1.82. The van der Waals surface area contributed by atoms with Crippen LogP contribution in [0.1, 0.15) is 10.4 Å². The van der Waals surface area contributed by atoms with Crippen LogP contribution < -0.4 is 14.8 Å². The third kappa shape index (κ3) is 2.27. The Morgan fingerprint density at radius 3 is 2.65 bits per heavy atom. The van der Waals surface area contributed by atoms with E-state index in [4.69, 9.17) is 9.47 Å². The zero-order valence-electron chi connectivity index (χ0n) is 10.2. The van der Waals surface area contributed by atoms with Gasteiger partial charge in [-0.25, -0.2) is 8.78 Å². The van der Waals surface area contributed by atoms with Crippen LogP contribution in [0, 0.1) is 11.6 Å². The molecule has 0 radical (unpaired) electrons. The van der Waals surface area contributed by atoms with E-state index in [2.05, 4.69) is 5.32 Å². The lowest BCUT2D eigenvalue weighted by molar-refractivity contribution is 0.102. The van der Waals surface area contributed by atoms with Gasteiger partial charge >= 0.3 is 0 Å². The van der Waals surface area contributed by atoms with E-state index in [0.29, 0.717) is 17.6 Å². The van der Waals surface area contributed by atoms with Gasteiger partial charge in [-0.05, 0) is 30.3 Å². The minimum Gasteiger partial charge on any atom is -0.454 e. The van der Waals surface area contributed by atoms with E-state index in [1.54, 1.807) is 6.07 Å². The molecule has 20 heavy (non-hydrogen) atoms. The Hall–Kier alpha value is -2.63. The second-order valence-corrected chi connectivity index (χ2v) is 4.15. The van der Waals surface area contributed by atoms with Gasteiger partial charge in [-0.3, -0.25) is 4.79 Å². The first-order valence-electron chi connectivity index (χ1n) is 5.79. The number of fused-ring (bicyclic) bond motifs is 1. The molecule has 0 unspecified atom stereocenters. The van der Waals surface area contributed by atoms with Crippen molar-refractivity contribution < 1.29 is 23.0 Å². The van der Waals surface area contributed by atoms with Crippen molar-refractivity contribution in [2.75, 3.05) is 12.1 Å². The maximum atomic E-state index is 13.4. The van der Waals surface area contributed by atoms with Crippen LogP contribution in [0.2, 0.25) is 0 Å². The predicted octanol–water partition coefficient (Wildman–Crippen LogP) is 2.95. The van der Waals surface area contributed by atoms with Crippen molar-refractivity contribution in [2.45, 2.75) is 0 Å².